The van der Waals surface area contributed by atoms with Crippen LogP contribution in [0.15, 0.2) is 53.1 Å². The van der Waals surface area contributed by atoms with E-state index in [2.05, 4.69) is 15.5 Å². The van der Waals surface area contributed by atoms with E-state index in [0.29, 0.717) is 29.4 Å². The minimum atomic E-state index is -0.474. The van der Waals surface area contributed by atoms with Gasteiger partial charge in [-0.1, -0.05) is 41.1 Å². The number of aromatic nitrogens is 2. The molecule has 0 atom stereocenters. The highest BCUT2D eigenvalue weighted by Gasteiger charge is 2.15. The average Bonchev–Trinajstić information content (AvgIpc) is 3.16. The molecule has 1 heterocycles. The van der Waals surface area contributed by atoms with Crippen LogP contribution in [-0.2, 0) is 16.0 Å². The molecule has 0 radical (unpaired) electrons. The summed E-state index contributed by atoms with van der Waals surface area (Å²) in [5, 5.41) is 6.70. The number of amides is 1. The fourth-order valence-corrected chi connectivity index (χ4v) is 2.67. The number of esters is 1. The molecule has 3 aromatic rings. The largest absolute Gasteiger partial charge is 0.462 e. The van der Waals surface area contributed by atoms with Crippen LogP contribution >= 0.6 is 0 Å². The lowest BCUT2D eigenvalue weighted by Gasteiger charge is -2.09. The fourth-order valence-electron chi connectivity index (χ4n) is 2.67. The fraction of sp³-hybridized carbons (Fsp3) is 0.238. The van der Waals surface area contributed by atoms with Gasteiger partial charge < -0.3 is 14.6 Å². The van der Waals surface area contributed by atoms with Crippen molar-refractivity contribution in [2.24, 2.45) is 0 Å². The predicted octanol–water partition coefficient (Wildman–Crippen LogP) is 3.79. The molecule has 0 saturated heterocycles. The van der Waals surface area contributed by atoms with Crippen LogP contribution < -0.4 is 5.32 Å². The van der Waals surface area contributed by atoms with Gasteiger partial charge in [-0.05, 0) is 32.0 Å². The predicted molar refractivity (Wildman–Crippen MR) is 104 cm³/mol. The molecule has 1 N–H and O–H groups in total. The first-order valence-electron chi connectivity index (χ1n) is 9.02. The standard InChI is InChI=1S/C21H21N3O4/c1-3-27-21(26)16-9-4-5-10-17(16)22-18(25)11-12-19-23-20(24-28-19)15-8-6-7-14(2)13-15/h4-10,13H,3,11-12H2,1-2H3,(H,22,25). The van der Waals surface area contributed by atoms with Crippen LogP contribution in [0.3, 0.4) is 0 Å². The third-order valence-corrected chi connectivity index (χ3v) is 4.01. The maximum atomic E-state index is 12.3. The first-order valence-corrected chi connectivity index (χ1v) is 9.02. The number of benzene rings is 2. The first kappa shape index (κ1) is 19.3. The highest BCUT2D eigenvalue weighted by molar-refractivity contribution is 6.01. The molecule has 0 spiro atoms. The zero-order chi connectivity index (χ0) is 19.9. The number of anilines is 1. The molecule has 1 amide bonds. The lowest BCUT2D eigenvalue weighted by molar-refractivity contribution is -0.116. The van der Waals surface area contributed by atoms with Gasteiger partial charge in [-0.2, -0.15) is 4.98 Å². The van der Waals surface area contributed by atoms with Crippen LogP contribution in [0.2, 0.25) is 0 Å². The molecule has 3 rings (SSSR count). The van der Waals surface area contributed by atoms with E-state index in [1.807, 2.05) is 31.2 Å². The topological polar surface area (TPSA) is 94.3 Å². The molecule has 2 aromatic carbocycles. The zero-order valence-corrected chi connectivity index (χ0v) is 15.8. The number of hydrogen-bond donors (Lipinski definition) is 1. The van der Waals surface area contributed by atoms with E-state index in [1.54, 1.807) is 31.2 Å². The van der Waals surface area contributed by atoms with Crippen LogP contribution in [0.1, 0.15) is 35.2 Å². The Kier molecular flexibility index (Phi) is 6.16. The van der Waals surface area contributed by atoms with Crippen molar-refractivity contribution in [2.45, 2.75) is 26.7 Å². The lowest BCUT2D eigenvalue weighted by atomic mass is 10.1. The number of hydrogen-bond acceptors (Lipinski definition) is 6. The summed E-state index contributed by atoms with van der Waals surface area (Å²) in [7, 11) is 0. The quantitative estimate of drug-likeness (QED) is 0.628. The highest BCUT2D eigenvalue weighted by Crippen LogP contribution is 2.19. The summed E-state index contributed by atoms with van der Waals surface area (Å²) < 4.78 is 10.2. The second-order valence-electron chi connectivity index (χ2n) is 6.20. The van der Waals surface area contributed by atoms with E-state index in [4.69, 9.17) is 9.26 Å². The van der Waals surface area contributed by atoms with Crippen molar-refractivity contribution in [3.8, 4) is 11.4 Å². The van der Waals surface area contributed by atoms with Crippen molar-refractivity contribution >= 4 is 17.6 Å². The lowest BCUT2D eigenvalue weighted by Crippen LogP contribution is -2.16. The van der Waals surface area contributed by atoms with Gasteiger partial charge in [0.25, 0.3) is 0 Å². The number of aryl methyl sites for hydroxylation is 2. The minimum Gasteiger partial charge on any atom is -0.462 e. The van der Waals surface area contributed by atoms with E-state index in [1.165, 1.54) is 0 Å². The summed E-state index contributed by atoms with van der Waals surface area (Å²) in [5.74, 6) is 0.141. The van der Waals surface area contributed by atoms with Crippen molar-refractivity contribution in [3.05, 3.63) is 65.5 Å². The molecular formula is C21H21N3O4. The van der Waals surface area contributed by atoms with Crippen LogP contribution in [0.5, 0.6) is 0 Å². The number of para-hydroxylation sites is 1. The number of nitrogens with zero attached hydrogens (tertiary/aromatic N) is 2. The number of rotatable bonds is 7. The smallest absolute Gasteiger partial charge is 0.340 e. The van der Waals surface area contributed by atoms with Crippen molar-refractivity contribution < 1.29 is 18.8 Å². The molecule has 0 bridgehead atoms. The molecule has 0 fully saturated rings. The Hall–Kier alpha value is -3.48. The Morgan fingerprint density at radius 3 is 2.75 bits per heavy atom. The summed E-state index contributed by atoms with van der Waals surface area (Å²) in [5.41, 5.74) is 2.69. The molecule has 1 aromatic heterocycles. The SMILES string of the molecule is CCOC(=O)c1ccccc1NC(=O)CCc1nc(-c2cccc(C)c2)no1. The monoisotopic (exact) mass is 379 g/mol. The normalized spacial score (nSPS) is 10.5. The van der Waals surface area contributed by atoms with Gasteiger partial charge in [0.1, 0.15) is 0 Å². The Balaban J connectivity index is 1.61. The Morgan fingerprint density at radius 2 is 1.96 bits per heavy atom. The average molecular weight is 379 g/mol. The number of carbonyl (C=O) groups is 2. The molecule has 0 saturated carbocycles. The summed E-state index contributed by atoms with van der Waals surface area (Å²) in [6, 6.07) is 14.5. The minimum absolute atomic E-state index is 0.145. The van der Waals surface area contributed by atoms with Crippen LogP contribution in [0, 0.1) is 6.92 Å². The van der Waals surface area contributed by atoms with Crippen LogP contribution in [0.25, 0.3) is 11.4 Å². The summed E-state index contributed by atoms with van der Waals surface area (Å²) in [6.07, 6.45) is 0.443. The van der Waals surface area contributed by atoms with Gasteiger partial charge >= 0.3 is 5.97 Å². The Morgan fingerprint density at radius 1 is 1.14 bits per heavy atom. The van der Waals surface area contributed by atoms with Crippen LogP contribution in [0.4, 0.5) is 5.69 Å². The highest BCUT2D eigenvalue weighted by atomic mass is 16.5. The Labute approximate surface area is 162 Å². The molecule has 0 aliphatic heterocycles. The van der Waals surface area contributed by atoms with E-state index >= 15 is 0 Å². The first-order chi connectivity index (χ1) is 13.6. The third kappa shape index (κ3) is 4.82. The molecule has 0 aliphatic carbocycles. The van der Waals surface area contributed by atoms with Crippen molar-refractivity contribution in [1.82, 2.24) is 10.1 Å². The van der Waals surface area contributed by atoms with Crippen molar-refractivity contribution in [3.63, 3.8) is 0 Å². The van der Waals surface area contributed by atoms with Gasteiger partial charge in [0.15, 0.2) is 0 Å². The van der Waals surface area contributed by atoms with Gasteiger partial charge in [0, 0.05) is 18.4 Å². The number of ether oxygens (including phenoxy) is 1. The zero-order valence-electron chi connectivity index (χ0n) is 15.8. The van der Waals surface area contributed by atoms with E-state index < -0.39 is 5.97 Å². The third-order valence-electron chi connectivity index (χ3n) is 4.01. The molecule has 0 unspecified atom stereocenters. The molecular weight excluding hydrogens is 358 g/mol. The van der Waals surface area contributed by atoms with Gasteiger partial charge in [-0.25, -0.2) is 4.79 Å². The Bertz CT molecular complexity index is 981. The van der Waals surface area contributed by atoms with Crippen molar-refractivity contribution in [2.75, 3.05) is 11.9 Å². The molecule has 28 heavy (non-hydrogen) atoms. The molecule has 144 valence electrons. The molecule has 0 aliphatic rings. The van der Waals surface area contributed by atoms with E-state index in [-0.39, 0.29) is 18.9 Å². The second kappa shape index (κ2) is 8.94. The van der Waals surface area contributed by atoms with E-state index in [0.717, 1.165) is 11.1 Å². The van der Waals surface area contributed by atoms with Gasteiger partial charge in [-0.3, -0.25) is 4.79 Å². The van der Waals surface area contributed by atoms with Gasteiger partial charge in [0.2, 0.25) is 17.6 Å². The van der Waals surface area contributed by atoms with Crippen LogP contribution in [-0.4, -0.2) is 28.6 Å². The summed E-state index contributed by atoms with van der Waals surface area (Å²) in [6.45, 7) is 3.99. The maximum Gasteiger partial charge on any atom is 0.340 e. The summed E-state index contributed by atoms with van der Waals surface area (Å²) >= 11 is 0. The maximum absolute atomic E-state index is 12.3. The van der Waals surface area contributed by atoms with E-state index in [9.17, 15) is 9.59 Å². The molecule has 7 heteroatoms. The second-order valence-corrected chi connectivity index (χ2v) is 6.20. The van der Waals surface area contributed by atoms with Crippen molar-refractivity contribution in [1.29, 1.82) is 0 Å². The number of carbonyl (C=O) groups excluding carboxylic acids is 2. The van der Waals surface area contributed by atoms with Gasteiger partial charge in [0.05, 0.1) is 17.9 Å². The number of nitrogens with one attached hydrogen (secondary N) is 1. The van der Waals surface area contributed by atoms with Gasteiger partial charge in [-0.15, -0.1) is 0 Å². The summed E-state index contributed by atoms with van der Waals surface area (Å²) in [4.78, 5) is 28.6. The molecule has 7 nitrogen and oxygen atoms in total.